The zero-order valence-electron chi connectivity index (χ0n) is 50.3. The molecule has 2 aliphatic heterocycles. The number of esters is 1. The first-order chi connectivity index (χ1) is 34.8. The smallest absolute Gasteiger partial charge is 0.631 e. The van der Waals surface area contributed by atoms with Crippen LogP contribution in [0.5, 0.6) is 0 Å². The maximum atomic E-state index is 12.1. The fourth-order valence-corrected chi connectivity index (χ4v) is 9.80. The number of alkyl halides is 3. The Bertz CT molecular complexity index is 2610. The van der Waals surface area contributed by atoms with Gasteiger partial charge in [0.25, 0.3) is 12.3 Å². The molecular formula is C60H92CuF3N4O9S. The molecule has 0 bridgehead atoms. The number of benzene rings is 2. The van der Waals surface area contributed by atoms with Gasteiger partial charge in [0.2, 0.25) is 0 Å². The fraction of sp³-hybridized carbons (Fsp3) is 0.700. The number of halogens is 3. The van der Waals surface area contributed by atoms with E-state index < -0.39 is 15.6 Å². The van der Waals surface area contributed by atoms with Gasteiger partial charge in [-0.25, -0.2) is 4.99 Å². The van der Waals surface area contributed by atoms with Gasteiger partial charge >= 0.3 is 38.7 Å². The van der Waals surface area contributed by atoms with Crippen LogP contribution in [0.3, 0.4) is 0 Å². The number of rotatable bonds is 8. The first-order valence-electron chi connectivity index (χ1n) is 26.9. The summed E-state index contributed by atoms with van der Waals surface area (Å²) in [6.45, 7) is 50.0. The minimum absolute atomic E-state index is 0. The molecule has 5 aliphatic rings. The number of aliphatic imine (C=N–C) groups is 1. The summed E-state index contributed by atoms with van der Waals surface area (Å²) in [6, 6.07) is 14.3. The van der Waals surface area contributed by atoms with Gasteiger partial charge in [0.15, 0.2) is 5.90 Å². The first kappa shape index (κ1) is 70.3. The van der Waals surface area contributed by atoms with Crippen LogP contribution in [0.1, 0.15) is 210 Å². The number of fused-ring (bicyclic) bond motifs is 2. The zero-order valence-corrected chi connectivity index (χ0v) is 52.0. The molecular weight excluding hydrogens is 1070 g/mol. The van der Waals surface area contributed by atoms with Gasteiger partial charge in [-0.05, 0) is 113 Å². The van der Waals surface area contributed by atoms with E-state index in [-0.39, 0.29) is 98.5 Å². The Morgan fingerprint density at radius 3 is 1.68 bits per heavy atom. The quantitative estimate of drug-likeness (QED) is 0.0671. The SMILES string of the molecule is C=C(C)c1ccc2c(c1)C(C)(C)CCC2(C)C.CC(C)(C1=N[C@@H](C(C)(C)C)CO1)C1[N-][C@@H](C(C)(C)C)CO1.CCC(=O)N=NC=O.CCOC(=O)C1CC1(C)c1ccc2c(c1)C(C)(C)CCC2(C)C.O=S(=O)(O)C(F)(F)F.[Cu+]. The zero-order chi connectivity index (χ0) is 59.3. The number of allylic oxidation sites excluding steroid dienone is 1. The van der Waals surface area contributed by atoms with Gasteiger partial charge in [-0.15, -0.1) is 16.3 Å². The summed E-state index contributed by atoms with van der Waals surface area (Å²) in [5, 5.41) is 10.7. The molecule has 2 aromatic carbocycles. The fourth-order valence-electron chi connectivity index (χ4n) is 9.80. The van der Waals surface area contributed by atoms with Crippen molar-refractivity contribution in [2.24, 2.45) is 37.4 Å². The Morgan fingerprint density at radius 1 is 0.808 bits per heavy atom. The van der Waals surface area contributed by atoms with Crippen LogP contribution in [0.25, 0.3) is 10.9 Å². The molecule has 5 atom stereocenters. The molecule has 3 unspecified atom stereocenters. The van der Waals surface area contributed by atoms with E-state index in [0.717, 1.165) is 17.9 Å². The number of carbonyl (C=O) groups is 3. The summed E-state index contributed by atoms with van der Waals surface area (Å²) in [5.41, 5.74) is 5.21. The standard InChI is InChI=1S/C21H30O2.C17H31N2O2.C17H24.C4H6N2O2.CHF3O3S.Cu/c1-7-23-18(22)17-13-21(17,6)14-8-9-15-16(12-14)20(4,5)11-10-19(15,2)3;1-15(2,3)11-9-20-13(18-11)17(7,8)14-19-12(10-21-14)16(4,5)6;1-12(2)13-7-8-14-15(11-13)17(5,6)10-9-16(14,3)4;1-2-4(8)6-5-3-7;2-1(3,4)8(5,6)7;/h8-9,12,17H,7,10-11,13H2,1-6H3;11-13H,9-10H2,1-8H3;7-8,11H,1,9-10H2,2-6H3;3H,2H2,1H3;(H,5,6,7);/q;-1;;;;+1/t;11-,12-,13?;;;;/m.1..../s1. The average molecular weight is 1170 g/mol. The van der Waals surface area contributed by atoms with Crippen LogP contribution in [-0.4, -0.2) is 80.8 Å². The van der Waals surface area contributed by atoms with Crippen LogP contribution < -0.4 is 0 Å². The summed E-state index contributed by atoms with van der Waals surface area (Å²) in [6.07, 6.45) is 6.26. The van der Waals surface area contributed by atoms with Crippen LogP contribution >= 0.6 is 0 Å². The first-order valence-corrected chi connectivity index (χ1v) is 28.3. The Balaban J connectivity index is 0.000000352. The van der Waals surface area contributed by atoms with Crippen molar-refractivity contribution in [1.82, 2.24) is 0 Å². The van der Waals surface area contributed by atoms with E-state index in [4.69, 9.17) is 37.5 Å². The molecule has 2 aromatic rings. The Labute approximate surface area is 476 Å². The molecule has 444 valence electrons. The molecule has 1 N–H and O–H groups in total. The number of nitrogens with zero attached hydrogens (tertiary/aromatic N) is 4. The molecule has 0 aromatic heterocycles. The van der Waals surface area contributed by atoms with Crippen molar-refractivity contribution in [3.05, 3.63) is 81.7 Å². The predicted octanol–water partition coefficient (Wildman–Crippen LogP) is 14.9. The third-order valence-electron chi connectivity index (χ3n) is 16.0. The molecule has 7 rings (SSSR count). The van der Waals surface area contributed by atoms with Gasteiger partial charge in [-0.3, -0.25) is 18.9 Å². The Morgan fingerprint density at radius 2 is 1.28 bits per heavy atom. The number of hydrogen-bond acceptors (Lipinski definition) is 9. The van der Waals surface area contributed by atoms with Gasteiger partial charge in [-0.1, -0.05) is 179 Å². The van der Waals surface area contributed by atoms with Crippen molar-refractivity contribution < 1.29 is 71.8 Å². The summed E-state index contributed by atoms with van der Waals surface area (Å²) in [4.78, 5) is 36.5. The minimum Gasteiger partial charge on any atom is -0.631 e. The van der Waals surface area contributed by atoms with E-state index in [2.05, 4.69) is 178 Å². The van der Waals surface area contributed by atoms with Crippen molar-refractivity contribution in [2.75, 3.05) is 19.8 Å². The summed E-state index contributed by atoms with van der Waals surface area (Å²) in [5.74, 6) is 0.412. The molecule has 13 nitrogen and oxygen atoms in total. The average Bonchev–Trinajstić information content (AvgIpc) is 3.65. The van der Waals surface area contributed by atoms with Crippen molar-refractivity contribution in [3.8, 4) is 0 Å². The molecule has 2 fully saturated rings. The van der Waals surface area contributed by atoms with Crippen molar-refractivity contribution >= 4 is 39.9 Å². The molecule has 2 heterocycles. The molecule has 0 spiro atoms. The normalized spacial score (nSPS) is 24.3. The summed E-state index contributed by atoms with van der Waals surface area (Å²) < 4.78 is 74.6. The summed E-state index contributed by atoms with van der Waals surface area (Å²) in [7, 11) is -5.84. The second-order valence-electron chi connectivity index (χ2n) is 26.8. The second kappa shape index (κ2) is 26.0. The molecule has 78 heavy (non-hydrogen) atoms. The van der Waals surface area contributed by atoms with Gasteiger partial charge in [-0.2, -0.15) is 21.6 Å². The van der Waals surface area contributed by atoms with Gasteiger partial charge < -0.3 is 19.5 Å². The molecule has 1 saturated heterocycles. The van der Waals surface area contributed by atoms with Gasteiger partial charge in [0, 0.05) is 23.9 Å². The molecule has 3 aliphatic carbocycles. The number of hydrogen-bond donors (Lipinski definition) is 1. The number of azo groups is 1. The predicted molar refractivity (Wildman–Crippen MR) is 301 cm³/mol. The van der Waals surface area contributed by atoms with Gasteiger partial charge in [0.05, 0.1) is 18.6 Å². The monoisotopic (exact) mass is 1160 g/mol. The molecule has 18 heteroatoms. The largest absolute Gasteiger partial charge is 1.00 e. The van der Waals surface area contributed by atoms with E-state index in [1.807, 2.05) is 6.92 Å². The van der Waals surface area contributed by atoms with E-state index in [1.54, 1.807) is 6.92 Å². The van der Waals surface area contributed by atoms with Crippen LogP contribution in [0.4, 0.5) is 13.2 Å². The topological polar surface area (TPSA) is 184 Å². The minimum atomic E-state index is -5.84. The van der Waals surface area contributed by atoms with Crippen LogP contribution in [-0.2, 0) is 82.9 Å². The third-order valence-corrected chi connectivity index (χ3v) is 16.6. The molecule has 1 saturated carbocycles. The number of amides is 2. The van der Waals surface area contributed by atoms with Crippen LogP contribution in [0, 0.1) is 22.2 Å². The molecule has 2 amide bonds. The Kier molecular flexibility index (Phi) is 23.4. The Hall–Kier alpha value is -3.80. The van der Waals surface area contributed by atoms with E-state index in [0.29, 0.717) is 30.7 Å². The van der Waals surface area contributed by atoms with Crippen LogP contribution in [0.15, 0.2) is 58.2 Å². The number of carbonyl (C=O) groups excluding carboxylic acids is 3. The van der Waals surface area contributed by atoms with E-state index in [1.165, 1.54) is 59.1 Å². The third kappa shape index (κ3) is 17.8. The number of ether oxygens (including phenoxy) is 3. The van der Waals surface area contributed by atoms with Gasteiger partial charge in [0.1, 0.15) is 6.61 Å². The van der Waals surface area contributed by atoms with Crippen LogP contribution in [0.2, 0.25) is 0 Å². The maximum absolute atomic E-state index is 12.1. The van der Waals surface area contributed by atoms with E-state index in [9.17, 15) is 27.6 Å². The summed E-state index contributed by atoms with van der Waals surface area (Å²) >= 11 is 0. The maximum Gasteiger partial charge on any atom is 1.00 e. The van der Waals surface area contributed by atoms with Crippen molar-refractivity contribution in [3.63, 3.8) is 0 Å². The molecule has 0 radical (unpaired) electrons. The van der Waals surface area contributed by atoms with Crippen molar-refractivity contribution in [1.29, 1.82) is 0 Å². The van der Waals surface area contributed by atoms with E-state index >= 15 is 0 Å². The van der Waals surface area contributed by atoms with Crippen molar-refractivity contribution in [2.45, 2.75) is 228 Å². The second-order valence-corrected chi connectivity index (χ2v) is 28.2.